The fourth-order valence-corrected chi connectivity index (χ4v) is 2.97. The number of aromatic nitrogens is 1. The summed E-state index contributed by atoms with van der Waals surface area (Å²) in [6, 6.07) is 5.27. The van der Waals surface area contributed by atoms with E-state index >= 15 is 0 Å². The second-order valence-corrected chi connectivity index (χ2v) is 5.43. The Balaban J connectivity index is 2.12. The number of para-hydroxylation sites is 1. The highest BCUT2D eigenvalue weighted by Gasteiger charge is 2.33. The van der Waals surface area contributed by atoms with Gasteiger partial charge in [-0.2, -0.15) is 13.2 Å². The number of carboxylic acid groups (broad SMARTS) is 1. The molecule has 1 aromatic carbocycles. The van der Waals surface area contributed by atoms with Crippen molar-refractivity contribution in [3.63, 3.8) is 0 Å². The molecular weight excluding hydrogens is 329 g/mol. The zero-order chi connectivity index (χ0) is 16.6. The quantitative estimate of drug-likeness (QED) is 0.723. The minimum absolute atomic E-state index is 0.0620. The molecule has 0 saturated carbocycles. The second-order valence-electron chi connectivity index (χ2n) is 4.69. The van der Waals surface area contributed by atoms with Gasteiger partial charge in [-0.15, -0.1) is 11.3 Å². The number of nitrogens with zero attached hydrogens (tertiary/aromatic N) is 1. The van der Waals surface area contributed by atoms with Crippen LogP contribution in [0.2, 0.25) is 0 Å². The fraction of sp³-hybridized carbons (Fsp3) is 0.0667. The van der Waals surface area contributed by atoms with Crippen molar-refractivity contribution >= 4 is 39.6 Å². The smallest absolute Gasteiger partial charge is 0.418 e. The number of carbonyl (C=O) groups is 1. The van der Waals surface area contributed by atoms with Crippen molar-refractivity contribution in [3.05, 3.63) is 52.3 Å². The standard InChI is InChI=1S/C15H9F3N2O2S/c16-15(17,18)10-3-1-2-8-11(4-5-19-13(8)10)20-12-7-23-6-9(12)14(21)22/h1-7H,(H,19,20)(H,21,22). The first kappa shape index (κ1) is 15.3. The maximum Gasteiger partial charge on any atom is 0.418 e. The van der Waals surface area contributed by atoms with Crippen LogP contribution in [0.1, 0.15) is 15.9 Å². The zero-order valence-electron chi connectivity index (χ0n) is 11.4. The van der Waals surface area contributed by atoms with Gasteiger partial charge in [-0.25, -0.2) is 4.79 Å². The Kier molecular flexibility index (Phi) is 3.69. The maximum absolute atomic E-state index is 13.1. The van der Waals surface area contributed by atoms with Crippen molar-refractivity contribution in [2.24, 2.45) is 0 Å². The highest BCUT2D eigenvalue weighted by atomic mass is 32.1. The molecule has 2 heterocycles. The highest BCUT2D eigenvalue weighted by molar-refractivity contribution is 7.08. The van der Waals surface area contributed by atoms with Crippen molar-refractivity contribution in [1.82, 2.24) is 4.98 Å². The minimum Gasteiger partial charge on any atom is -0.478 e. The predicted molar refractivity (Wildman–Crippen MR) is 81.3 cm³/mol. The van der Waals surface area contributed by atoms with E-state index in [-0.39, 0.29) is 16.5 Å². The van der Waals surface area contributed by atoms with Gasteiger partial charge >= 0.3 is 12.1 Å². The van der Waals surface area contributed by atoms with Gasteiger partial charge in [0, 0.05) is 28.0 Å². The van der Waals surface area contributed by atoms with Crippen LogP contribution in [0.3, 0.4) is 0 Å². The number of aromatic carboxylic acids is 1. The first-order chi connectivity index (χ1) is 10.9. The number of carboxylic acids is 1. The topological polar surface area (TPSA) is 62.2 Å². The Morgan fingerprint density at radius 3 is 2.65 bits per heavy atom. The molecule has 0 saturated heterocycles. The number of fused-ring (bicyclic) bond motifs is 1. The van der Waals surface area contributed by atoms with Gasteiger partial charge in [0.25, 0.3) is 0 Å². The van der Waals surface area contributed by atoms with Gasteiger partial charge in [-0.1, -0.05) is 12.1 Å². The Bertz CT molecular complexity index is 890. The first-order valence-electron chi connectivity index (χ1n) is 6.39. The highest BCUT2D eigenvalue weighted by Crippen LogP contribution is 2.36. The number of alkyl halides is 3. The lowest BCUT2D eigenvalue weighted by Crippen LogP contribution is -2.07. The second kappa shape index (κ2) is 5.54. The van der Waals surface area contributed by atoms with Gasteiger partial charge in [0.1, 0.15) is 0 Å². The summed E-state index contributed by atoms with van der Waals surface area (Å²) in [5, 5.41) is 15.3. The van der Waals surface area contributed by atoms with Crippen LogP contribution in [0.15, 0.2) is 41.2 Å². The van der Waals surface area contributed by atoms with Crippen molar-refractivity contribution < 1.29 is 23.1 Å². The number of halogens is 3. The predicted octanol–water partition coefficient (Wildman–Crippen LogP) is 4.76. The van der Waals surface area contributed by atoms with Crippen LogP contribution >= 0.6 is 11.3 Å². The summed E-state index contributed by atoms with van der Waals surface area (Å²) in [6.07, 6.45) is -3.26. The Hall–Kier alpha value is -2.61. The monoisotopic (exact) mass is 338 g/mol. The Labute approximate surface area is 132 Å². The van der Waals surface area contributed by atoms with Crippen LogP contribution < -0.4 is 5.32 Å². The van der Waals surface area contributed by atoms with E-state index in [1.165, 1.54) is 41.1 Å². The molecule has 0 fully saturated rings. The van der Waals surface area contributed by atoms with E-state index in [2.05, 4.69) is 10.3 Å². The normalized spacial score (nSPS) is 11.6. The van der Waals surface area contributed by atoms with Gasteiger partial charge in [0.15, 0.2) is 0 Å². The van der Waals surface area contributed by atoms with Crippen molar-refractivity contribution in [3.8, 4) is 0 Å². The van der Waals surface area contributed by atoms with Gasteiger partial charge in [0.2, 0.25) is 0 Å². The number of anilines is 2. The molecule has 0 bridgehead atoms. The molecule has 0 amide bonds. The molecule has 0 aliphatic carbocycles. The summed E-state index contributed by atoms with van der Waals surface area (Å²) in [5.74, 6) is -1.11. The van der Waals surface area contributed by atoms with E-state index in [0.29, 0.717) is 11.4 Å². The lowest BCUT2D eigenvalue weighted by atomic mass is 10.1. The molecular formula is C15H9F3N2O2S. The fourth-order valence-electron chi connectivity index (χ4n) is 2.22. The first-order valence-corrected chi connectivity index (χ1v) is 7.33. The third kappa shape index (κ3) is 2.85. The summed E-state index contributed by atoms with van der Waals surface area (Å²) in [4.78, 5) is 14.9. The number of hydrogen-bond acceptors (Lipinski definition) is 4. The van der Waals surface area contributed by atoms with E-state index in [1.54, 1.807) is 5.38 Å². The van der Waals surface area contributed by atoms with Crippen molar-refractivity contribution in [2.45, 2.75) is 6.18 Å². The molecule has 0 spiro atoms. The molecule has 0 atom stereocenters. The van der Waals surface area contributed by atoms with E-state index in [1.807, 2.05) is 0 Å². The molecule has 3 aromatic rings. The largest absolute Gasteiger partial charge is 0.478 e. The van der Waals surface area contributed by atoms with Gasteiger partial charge in [-0.3, -0.25) is 4.98 Å². The molecule has 3 rings (SSSR count). The molecule has 23 heavy (non-hydrogen) atoms. The number of benzene rings is 1. The summed E-state index contributed by atoms with van der Waals surface area (Å²) in [6.45, 7) is 0. The summed E-state index contributed by atoms with van der Waals surface area (Å²) < 4.78 is 39.2. The van der Waals surface area contributed by atoms with Crippen LogP contribution in [0.5, 0.6) is 0 Å². The molecule has 0 aliphatic heterocycles. The average molecular weight is 338 g/mol. The molecule has 0 aliphatic rings. The Morgan fingerprint density at radius 1 is 1.17 bits per heavy atom. The molecule has 2 aromatic heterocycles. The number of nitrogens with one attached hydrogen (secondary N) is 1. The third-order valence-corrected chi connectivity index (χ3v) is 3.98. The molecule has 0 unspecified atom stereocenters. The van der Waals surface area contributed by atoms with E-state index in [0.717, 1.165) is 6.07 Å². The van der Waals surface area contributed by atoms with Crippen molar-refractivity contribution in [1.29, 1.82) is 0 Å². The summed E-state index contributed by atoms with van der Waals surface area (Å²) in [7, 11) is 0. The van der Waals surface area contributed by atoms with E-state index < -0.39 is 17.7 Å². The molecule has 4 nitrogen and oxygen atoms in total. The SMILES string of the molecule is O=C(O)c1cscc1Nc1ccnc2c(C(F)(F)F)cccc12. The number of pyridine rings is 1. The van der Waals surface area contributed by atoms with Crippen molar-refractivity contribution in [2.75, 3.05) is 5.32 Å². The van der Waals surface area contributed by atoms with E-state index in [4.69, 9.17) is 5.11 Å². The maximum atomic E-state index is 13.1. The zero-order valence-corrected chi connectivity index (χ0v) is 12.2. The van der Waals surface area contributed by atoms with Gasteiger partial charge in [0.05, 0.1) is 22.3 Å². The number of thiophene rings is 1. The van der Waals surface area contributed by atoms with Gasteiger partial charge in [-0.05, 0) is 12.1 Å². The number of hydrogen-bond donors (Lipinski definition) is 2. The average Bonchev–Trinajstić information content (AvgIpc) is 2.94. The van der Waals surface area contributed by atoms with Crippen LogP contribution in [0.25, 0.3) is 10.9 Å². The van der Waals surface area contributed by atoms with Crippen LogP contribution in [-0.4, -0.2) is 16.1 Å². The third-order valence-electron chi connectivity index (χ3n) is 3.24. The molecule has 2 N–H and O–H groups in total. The molecule has 0 radical (unpaired) electrons. The van der Waals surface area contributed by atoms with Gasteiger partial charge < -0.3 is 10.4 Å². The molecule has 118 valence electrons. The van der Waals surface area contributed by atoms with Crippen LogP contribution in [0.4, 0.5) is 24.5 Å². The van der Waals surface area contributed by atoms with Crippen LogP contribution in [-0.2, 0) is 6.18 Å². The lowest BCUT2D eigenvalue weighted by molar-refractivity contribution is -0.136. The minimum atomic E-state index is -4.51. The summed E-state index contributed by atoms with van der Waals surface area (Å²) in [5.41, 5.74) is -0.263. The van der Waals surface area contributed by atoms with E-state index in [9.17, 15) is 18.0 Å². The van der Waals surface area contributed by atoms with Crippen LogP contribution in [0, 0.1) is 0 Å². The Morgan fingerprint density at radius 2 is 1.96 bits per heavy atom. The summed E-state index contributed by atoms with van der Waals surface area (Å²) >= 11 is 1.19. The molecule has 8 heteroatoms. The lowest BCUT2D eigenvalue weighted by Gasteiger charge is -2.13. The number of rotatable bonds is 3.